The van der Waals surface area contributed by atoms with Crippen LogP contribution in [0.3, 0.4) is 0 Å². The van der Waals surface area contributed by atoms with Gasteiger partial charge in [0.05, 0.1) is 12.2 Å². The molecule has 0 aliphatic heterocycles. The first kappa shape index (κ1) is 14.9. The summed E-state index contributed by atoms with van der Waals surface area (Å²) in [6.07, 6.45) is 0.315. The quantitative estimate of drug-likeness (QED) is 0.567. The Labute approximate surface area is 112 Å². The molecular formula is C12H13BrF2O3. The third-order valence-electron chi connectivity index (χ3n) is 2.10. The molecule has 0 radical (unpaired) electrons. The molecule has 0 saturated carbocycles. The third kappa shape index (κ3) is 4.25. The smallest absolute Gasteiger partial charge is 0.387 e. The molecule has 0 fully saturated rings. The number of carbonyl (C=O) groups is 1. The highest BCUT2D eigenvalue weighted by atomic mass is 79.9. The minimum absolute atomic E-state index is 0.0242. The first-order chi connectivity index (χ1) is 8.58. The second-order valence-corrected chi connectivity index (χ2v) is 4.12. The fourth-order valence-electron chi connectivity index (χ4n) is 1.40. The monoisotopic (exact) mass is 322 g/mol. The Balaban J connectivity index is 2.99. The van der Waals surface area contributed by atoms with E-state index in [1.165, 1.54) is 18.2 Å². The van der Waals surface area contributed by atoms with Crippen LogP contribution in [-0.4, -0.2) is 24.3 Å². The van der Waals surface area contributed by atoms with Gasteiger partial charge in [-0.3, -0.25) is 4.79 Å². The van der Waals surface area contributed by atoms with E-state index in [2.05, 4.69) is 20.7 Å². The van der Waals surface area contributed by atoms with Crippen LogP contribution in [0.25, 0.3) is 0 Å². The topological polar surface area (TPSA) is 35.5 Å². The molecule has 0 amide bonds. The zero-order valence-electron chi connectivity index (χ0n) is 9.79. The van der Waals surface area contributed by atoms with E-state index in [1.54, 1.807) is 6.92 Å². The summed E-state index contributed by atoms with van der Waals surface area (Å²) in [5.74, 6) is 0.129. The van der Waals surface area contributed by atoms with E-state index < -0.39 is 6.61 Å². The highest BCUT2D eigenvalue weighted by molar-refractivity contribution is 9.09. The zero-order chi connectivity index (χ0) is 13.5. The molecule has 0 spiro atoms. The number of halogens is 3. The number of ketones is 1. The summed E-state index contributed by atoms with van der Waals surface area (Å²) in [7, 11) is 0. The number of ether oxygens (including phenoxy) is 2. The van der Waals surface area contributed by atoms with E-state index in [0.29, 0.717) is 23.9 Å². The lowest BCUT2D eigenvalue weighted by atomic mass is 10.1. The number of alkyl halides is 3. The molecule has 18 heavy (non-hydrogen) atoms. The first-order valence-electron chi connectivity index (χ1n) is 5.39. The van der Waals surface area contributed by atoms with Crippen molar-refractivity contribution in [2.45, 2.75) is 20.0 Å². The number of rotatable bonds is 7. The summed E-state index contributed by atoms with van der Waals surface area (Å²) in [5, 5.41) is 0.534. The molecule has 0 unspecified atom stereocenters. The molecule has 1 rings (SSSR count). The summed E-state index contributed by atoms with van der Waals surface area (Å²) >= 11 is 3.17. The van der Waals surface area contributed by atoms with Gasteiger partial charge in [-0.05, 0) is 19.1 Å². The molecule has 1 aromatic carbocycles. The van der Waals surface area contributed by atoms with Crippen LogP contribution in [0.15, 0.2) is 18.2 Å². The van der Waals surface area contributed by atoms with E-state index in [-0.39, 0.29) is 17.3 Å². The Hall–Kier alpha value is -1.17. The second-order valence-electron chi connectivity index (χ2n) is 3.33. The highest BCUT2D eigenvalue weighted by Gasteiger charge is 2.14. The van der Waals surface area contributed by atoms with Crippen molar-refractivity contribution >= 4 is 21.7 Å². The molecule has 0 bridgehead atoms. The largest absolute Gasteiger partial charge is 0.493 e. The van der Waals surface area contributed by atoms with Gasteiger partial charge < -0.3 is 9.47 Å². The van der Waals surface area contributed by atoms with E-state index in [0.717, 1.165) is 0 Å². The molecule has 0 saturated heterocycles. The van der Waals surface area contributed by atoms with Crippen molar-refractivity contribution in [3.63, 3.8) is 0 Å². The summed E-state index contributed by atoms with van der Waals surface area (Å²) in [4.78, 5) is 11.8. The van der Waals surface area contributed by atoms with Crippen LogP contribution >= 0.6 is 15.9 Å². The SMILES string of the molecule is CCOc1cc(OC(F)F)ccc1C(=O)CCBr. The number of hydrogen-bond acceptors (Lipinski definition) is 3. The summed E-state index contributed by atoms with van der Waals surface area (Å²) in [5.41, 5.74) is 0.373. The molecule has 0 aliphatic carbocycles. The normalized spacial score (nSPS) is 10.5. The van der Waals surface area contributed by atoms with Gasteiger partial charge in [-0.2, -0.15) is 8.78 Å². The Kier molecular flexibility index (Phi) is 6.04. The minimum Gasteiger partial charge on any atom is -0.493 e. The van der Waals surface area contributed by atoms with Gasteiger partial charge in [0.2, 0.25) is 0 Å². The van der Waals surface area contributed by atoms with Gasteiger partial charge in [0.15, 0.2) is 5.78 Å². The Bertz CT molecular complexity index is 410. The molecule has 1 aromatic rings. The lowest BCUT2D eigenvalue weighted by molar-refractivity contribution is -0.0499. The molecular weight excluding hydrogens is 310 g/mol. The van der Waals surface area contributed by atoms with Crippen LogP contribution < -0.4 is 9.47 Å². The fraction of sp³-hybridized carbons (Fsp3) is 0.417. The van der Waals surface area contributed by atoms with Crippen LogP contribution in [0.2, 0.25) is 0 Å². The standard InChI is InChI=1S/C12H13BrF2O3/c1-2-17-11-7-8(18-12(14)15)3-4-9(11)10(16)5-6-13/h3-4,7,12H,2,5-6H2,1H3. The van der Waals surface area contributed by atoms with Crippen LogP contribution in [0, 0.1) is 0 Å². The molecule has 0 aliphatic rings. The van der Waals surface area contributed by atoms with Crippen molar-refractivity contribution in [3.8, 4) is 11.5 Å². The van der Waals surface area contributed by atoms with Crippen molar-refractivity contribution in [3.05, 3.63) is 23.8 Å². The predicted octanol–water partition coefficient (Wildman–Crippen LogP) is 3.65. The molecule has 3 nitrogen and oxygen atoms in total. The molecule has 0 N–H and O–H groups in total. The van der Waals surface area contributed by atoms with Crippen molar-refractivity contribution < 1.29 is 23.0 Å². The minimum atomic E-state index is -2.90. The van der Waals surface area contributed by atoms with Crippen molar-refractivity contribution in [2.24, 2.45) is 0 Å². The summed E-state index contributed by atoms with van der Waals surface area (Å²) in [6.45, 7) is -0.810. The molecule has 0 aromatic heterocycles. The molecule has 6 heteroatoms. The third-order valence-corrected chi connectivity index (χ3v) is 2.50. The molecule has 0 heterocycles. The van der Waals surface area contributed by atoms with E-state index in [1.807, 2.05) is 0 Å². The lowest BCUT2D eigenvalue weighted by Crippen LogP contribution is -2.06. The second kappa shape index (κ2) is 7.31. The van der Waals surface area contributed by atoms with Gasteiger partial charge in [0.1, 0.15) is 11.5 Å². The first-order valence-corrected chi connectivity index (χ1v) is 6.51. The maximum atomic E-state index is 12.1. The van der Waals surface area contributed by atoms with Crippen LogP contribution in [0.1, 0.15) is 23.7 Å². The van der Waals surface area contributed by atoms with Gasteiger partial charge in [0, 0.05) is 17.8 Å². The maximum Gasteiger partial charge on any atom is 0.387 e. The van der Waals surface area contributed by atoms with Crippen molar-refractivity contribution in [1.82, 2.24) is 0 Å². The Morgan fingerprint density at radius 3 is 2.72 bits per heavy atom. The van der Waals surface area contributed by atoms with Gasteiger partial charge in [-0.25, -0.2) is 0 Å². The van der Waals surface area contributed by atoms with E-state index >= 15 is 0 Å². The van der Waals surface area contributed by atoms with Crippen LogP contribution in [-0.2, 0) is 0 Å². The summed E-state index contributed by atoms with van der Waals surface area (Å²) in [6, 6.07) is 4.07. The average molecular weight is 323 g/mol. The van der Waals surface area contributed by atoms with Crippen molar-refractivity contribution in [2.75, 3.05) is 11.9 Å². The van der Waals surface area contributed by atoms with E-state index in [9.17, 15) is 13.6 Å². The zero-order valence-corrected chi connectivity index (χ0v) is 11.4. The average Bonchev–Trinajstić information content (AvgIpc) is 2.29. The van der Waals surface area contributed by atoms with Crippen LogP contribution in [0.5, 0.6) is 11.5 Å². The van der Waals surface area contributed by atoms with Crippen LogP contribution in [0.4, 0.5) is 8.78 Å². The number of hydrogen-bond donors (Lipinski definition) is 0. The van der Waals surface area contributed by atoms with Gasteiger partial charge >= 0.3 is 6.61 Å². The summed E-state index contributed by atoms with van der Waals surface area (Å²) < 4.78 is 33.7. The number of carbonyl (C=O) groups excluding carboxylic acids is 1. The predicted molar refractivity (Wildman–Crippen MR) is 67.0 cm³/mol. The Morgan fingerprint density at radius 2 is 2.17 bits per heavy atom. The van der Waals surface area contributed by atoms with Gasteiger partial charge in [-0.1, -0.05) is 15.9 Å². The van der Waals surface area contributed by atoms with Gasteiger partial charge in [-0.15, -0.1) is 0 Å². The highest BCUT2D eigenvalue weighted by Crippen LogP contribution is 2.27. The fourth-order valence-corrected chi connectivity index (χ4v) is 1.76. The lowest BCUT2D eigenvalue weighted by Gasteiger charge is -2.11. The number of Topliss-reactive ketones (excluding diaryl/α,β-unsaturated/α-hetero) is 1. The maximum absolute atomic E-state index is 12.1. The van der Waals surface area contributed by atoms with E-state index in [4.69, 9.17) is 4.74 Å². The van der Waals surface area contributed by atoms with Gasteiger partial charge in [0.25, 0.3) is 0 Å². The van der Waals surface area contributed by atoms with Crippen molar-refractivity contribution in [1.29, 1.82) is 0 Å². The molecule has 100 valence electrons. The number of benzene rings is 1. The Morgan fingerprint density at radius 1 is 1.44 bits per heavy atom. The molecule has 0 atom stereocenters.